The SMILES string of the molecule is CN1CCC(Nc2cccc(S(=O)(=O)c3[nH]c4cccc(Cl)c4c3Br)c2)CC1. The van der Waals surface area contributed by atoms with Crippen molar-refractivity contribution in [1.82, 2.24) is 9.88 Å². The van der Waals surface area contributed by atoms with Crippen LogP contribution in [-0.2, 0) is 9.84 Å². The molecule has 0 amide bonds. The molecule has 4 rings (SSSR count). The van der Waals surface area contributed by atoms with E-state index in [0.29, 0.717) is 26.4 Å². The molecule has 0 unspecified atom stereocenters. The first kappa shape index (κ1) is 19.8. The maximum Gasteiger partial charge on any atom is 0.223 e. The number of H-pyrrole nitrogens is 1. The Hall–Kier alpha value is -1.54. The molecule has 28 heavy (non-hydrogen) atoms. The molecule has 2 N–H and O–H groups in total. The summed E-state index contributed by atoms with van der Waals surface area (Å²) in [5.41, 5.74) is 1.50. The Morgan fingerprint density at radius 1 is 1.18 bits per heavy atom. The number of likely N-dealkylation sites (tertiary alicyclic amines) is 1. The van der Waals surface area contributed by atoms with Crippen molar-refractivity contribution >= 4 is 54.0 Å². The van der Waals surface area contributed by atoms with Gasteiger partial charge in [-0.25, -0.2) is 8.42 Å². The maximum atomic E-state index is 13.3. The molecule has 3 aromatic rings. The number of rotatable bonds is 4. The molecular weight excluding hydrogens is 462 g/mol. The largest absolute Gasteiger partial charge is 0.382 e. The van der Waals surface area contributed by atoms with Crippen LogP contribution in [0.15, 0.2) is 56.9 Å². The highest BCUT2D eigenvalue weighted by Crippen LogP contribution is 2.38. The van der Waals surface area contributed by atoms with Gasteiger partial charge in [0.2, 0.25) is 9.84 Å². The van der Waals surface area contributed by atoms with Crippen molar-refractivity contribution in [3.05, 3.63) is 52.0 Å². The Morgan fingerprint density at radius 3 is 2.61 bits per heavy atom. The van der Waals surface area contributed by atoms with Gasteiger partial charge in [0.15, 0.2) is 5.03 Å². The minimum absolute atomic E-state index is 0.118. The van der Waals surface area contributed by atoms with Crippen LogP contribution in [0.25, 0.3) is 10.9 Å². The molecule has 1 aliphatic rings. The predicted molar refractivity (Wildman–Crippen MR) is 117 cm³/mol. The molecule has 8 heteroatoms. The maximum absolute atomic E-state index is 13.3. The molecule has 1 saturated heterocycles. The zero-order valence-electron chi connectivity index (χ0n) is 15.4. The van der Waals surface area contributed by atoms with Gasteiger partial charge in [-0.2, -0.15) is 0 Å². The van der Waals surface area contributed by atoms with Gasteiger partial charge in [0.1, 0.15) is 0 Å². The minimum Gasteiger partial charge on any atom is -0.382 e. The first-order chi connectivity index (χ1) is 13.4. The number of sulfone groups is 1. The van der Waals surface area contributed by atoms with E-state index in [0.717, 1.165) is 31.6 Å². The van der Waals surface area contributed by atoms with Crippen molar-refractivity contribution in [2.45, 2.75) is 28.8 Å². The molecule has 0 bridgehead atoms. The molecule has 2 heterocycles. The van der Waals surface area contributed by atoms with Gasteiger partial charge in [0.25, 0.3) is 0 Å². The molecule has 2 aromatic carbocycles. The number of benzene rings is 2. The second-order valence-electron chi connectivity index (χ2n) is 7.18. The van der Waals surface area contributed by atoms with E-state index < -0.39 is 9.84 Å². The van der Waals surface area contributed by atoms with Gasteiger partial charge in [-0.05, 0) is 79.2 Å². The smallest absolute Gasteiger partial charge is 0.223 e. The van der Waals surface area contributed by atoms with Gasteiger partial charge < -0.3 is 15.2 Å². The van der Waals surface area contributed by atoms with Gasteiger partial charge in [-0.15, -0.1) is 0 Å². The summed E-state index contributed by atoms with van der Waals surface area (Å²) < 4.78 is 27.0. The number of hydrogen-bond donors (Lipinski definition) is 2. The Bertz CT molecular complexity index is 1120. The van der Waals surface area contributed by atoms with E-state index in [4.69, 9.17) is 11.6 Å². The van der Waals surface area contributed by atoms with Crippen molar-refractivity contribution in [1.29, 1.82) is 0 Å². The van der Waals surface area contributed by atoms with Gasteiger partial charge in [-0.1, -0.05) is 23.7 Å². The molecule has 0 spiro atoms. The van der Waals surface area contributed by atoms with E-state index in [1.54, 1.807) is 30.3 Å². The van der Waals surface area contributed by atoms with E-state index in [1.165, 1.54) is 0 Å². The first-order valence-electron chi connectivity index (χ1n) is 9.12. The van der Waals surface area contributed by atoms with Crippen molar-refractivity contribution in [2.24, 2.45) is 0 Å². The molecule has 0 saturated carbocycles. The van der Waals surface area contributed by atoms with Crippen LogP contribution in [0.2, 0.25) is 5.02 Å². The van der Waals surface area contributed by atoms with Crippen LogP contribution < -0.4 is 5.32 Å². The van der Waals surface area contributed by atoms with Crippen LogP contribution in [-0.4, -0.2) is 44.5 Å². The molecular formula is C20H21BrClN3O2S. The van der Waals surface area contributed by atoms with E-state index in [2.05, 4.69) is 38.2 Å². The Balaban J connectivity index is 1.67. The van der Waals surface area contributed by atoms with Crippen molar-refractivity contribution in [3.8, 4) is 0 Å². The highest BCUT2D eigenvalue weighted by atomic mass is 79.9. The highest BCUT2D eigenvalue weighted by Gasteiger charge is 2.26. The molecule has 148 valence electrons. The summed E-state index contributed by atoms with van der Waals surface area (Å²) in [4.78, 5) is 5.55. The van der Waals surface area contributed by atoms with E-state index in [-0.39, 0.29) is 9.92 Å². The number of aromatic nitrogens is 1. The number of nitrogens with one attached hydrogen (secondary N) is 2. The Morgan fingerprint density at radius 2 is 1.89 bits per heavy atom. The lowest BCUT2D eigenvalue weighted by molar-refractivity contribution is 0.264. The van der Waals surface area contributed by atoms with Crippen molar-refractivity contribution in [2.75, 3.05) is 25.5 Å². The second kappa shape index (κ2) is 7.71. The summed E-state index contributed by atoms with van der Waals surface area (Å²) >= 11 is 9.68. The van der Waals surface area contributed by atoms with Gasteiger partial charge in [-0.3, -0.25) is 0 Å². The lowest BCUT2D eigenvalue weighted by Gasteiger charge is -2.30. The lowest BCUT2D eigenvalue weighted by Crippen LogP contribution is -2.36. The molecule has 1 aromatic heterocycles. The molecule has 5 nitrogen and oxygen atoms in total. The van der Waals surface area contributed by atoms with Crippen LogP contribution in [0.5, 0.6) is 0 Å². The number of halogens is 2. The third-order valence-corrected chi connectivity index (χ3v) is 8.27. The van der Waals surface area contributed by atoms with Crippen molar-refractivity contribution < 1.29 is 8.42 Å². The number of anilines is 1. The Kier molecular flexibility index (Phi) is 5.44. The van der Waals surface area contributed by atoms with Crippen LogP contribution >= 0.6 is 27.5 Å². The summed E-state index contributed by atoms with van der Waals surface area (Å²) in [5, 5.41) is 4.77. The number of piperidine rings is 1. The lowest BCUT2D eigenvalue weighted by atomic mass is 10.1. The van der Waals surface area contributed by atoms with Crippen LogP contribution in [0.3, 0.4) is 0 Å². The summed E-state index contributed by atoms with van der Waals surface area (Å²) in [5.74, 6) is 0. The summed E-state index contributed by atoms with van der Waals surface area (Å²) in [6.45, 7) is 2.08. The zero-order chi connectivity index (χ0) is 19.9. The van der Waals surface area contributed by atoms with Crippen LogP contribution in [0.1, 0.15) is 12.8 Å². The summed E-state index contributed by atoms with van der Waals surface area (Å²) in [6.07, 6.45) is 2.08. The topological polar surface area (TPSA) is 65.2 Å². The zero-order valence-corrected chi connectivity index (χ0v) is 18.5. The summed E-state index contributed by atoms with van der Waals surface area (Å²) in [6, 6.07) is 12.7. The third-order valence-electron chi connectivity index (χ3n) is 5.18. The second-order valence-corrected chi connectivity index (χ2v) is 10.3. The third kappa shape index (κ3) is 3.68. The molecule has 0 radical (unpaired) electrons. The summed E-state index contributed by atoms with van der Waals surface area (Å²) in [7, 11) is -1.61. The van der Waals surface area contributed by atoms with Gasteiger partial charge in [0, 0.05) is 22.6 Å². The number of fused-ring (bicyclic) bond motifs is 1. The fourth-order valence-electron chi connectivity index (χ4n) is 3.59. The monoisotopic (exact) mass is 481 g/mol. The molecule has 1 aliphatic heterocycles. The highest BCUT2D eigenvalue weighted by molar-refractivity contribution is 9.10. The van der Waals surface area contributed by atoms with Crippen LogP contribution in [0.4, 0.5) is 5.69 Å². The van der Waals surface area contributed by atoms with Gasteiger partial charge >= 0.3 is 0 Å². The van der Waals surface area contributed by atoms with E-state index in [1.807, 2.05) is 12.1 Å². The van der Waals surface area contributed by atoms with Crippen LogP contribution in [0, 0.1) is 0 Å². The quantitative estimate of drug-likeness (QED) is 0.554. The first-order valence-corrected chi connectivity index (χ1v) is 11.8. The van der Waals surface area contributed by atoms with E-state index in [9.17, 15) is 8.42 Å². The minimum atomic E-state index is -3.73. The Labute approximate surface area is 178 Å². The fourth-order valence-corrected chi connectivity index (χ4v) is 6.49. The molecule has 1 fully saturated rings. The van der Waals surface area contributed by atoms with Gasteiger partial charge in [0.05, 0.1) is 14.4 Å². The predicted octanol–water partition coefficient (Wildman–Crippen LogP) is 4.92. The number of hydrogen-bond acceptors (Lipinski definition) is 4. The molecule has 0 atom stereocenters. The van der Waals surface area contributed by atoms with Crippen molar-refractivity contribution in [3.63, 3.8) is 0 Å². The standard InChI is InChI=1S/C20H21BrClN3O2S/c1-25-10-8-13(9-11-25)23-14-4-2-5-15(12-14)28(26,27)20-19(21)18-16(22)6-3-7-17(18)24-20/h2-7,12-13,23-24H,8-11H2,1H3. The normalized spacial score (nSPS) is 16.5. The average molecular weight is 483 g/mol. The number of aromatic amines is 1. The van der Waals surface area contributed by atoms with E-state index >= 15 is 0 Å². The fraction of sp³-hybridized carbons (Fsp3) is 0.300. The number of nitrogens with zero attached hydrogens (tertiary/aromatic N) is 1. The molecule has 0 aliphatic carbocycles. The average Bonchev–Trinajstić information content (AvgIpc) is 3.03.